The Kier molecular flexibility index (Phi) is 7.88. The minimum absolute atomic E-state index is 0.0128. The first-order valence-corrected chi connectivity index (χ1v) is 12.8. The zero-order chi connectivity index (χ0) is 29.4. The van der Waals surface area contributed by atoms with Crippen LogP contribution in [-0.4, -0.2) is 28.9 Å². The number of benzene rings is 2. The van der Waals surface area contributed by atoms with Gasteiger partial charge in [0.1, 0.15) is 23.0 Å². The molecule has 2 heterocycles. The largest absolute Gasteiger partial charge is 0.483 e. The van der Waals surface area contributed by atoms with E-state index in [9.17, 15) is 19.5 Å². The van der Waals surface area contributed by atoms with Gasteiger partial charge in [-0.15, -0.1) is 0 Å². The molecule has 1 atom stereocenters. The van der Waals surface area contributed by atoms with Crippen LogP contribution in [0.5, 0.6) is 23.0 Å². The summed E-state index contributed by atoms with van der Waals surface area (Å²) >= 11 is 0. The third-order valence-corrected chi connectivity index (χ3v) is 6.04. The molecule has 9 nitrogen and oxygen atoms in total. The highest BCUT2D eigenvalue weighted by Gasteiger charge is 2.32. The molecule has 1 unspecified atom stereocenters. The monoisotopic (exact) mass is 548 g/mol. The number of hydrogen-bond donors (Lipinski definition) is 1. The number of aliphatic hydroxyl groups excluding tert-OH is 1. The van der Waals surface area contributed by atoms with Crippen molar-refractivity contribution in [3.05, 3.63) is 63.5 Å². The molecule has 4 rings (SSSR count). The van der Waals surface area contributed by atoms with Gasteiger partial charge in [-0.3, -0.25) is 14.4 Å². The Morgan fingerprint density at radius 2 is 1.77 bits per heavy atom. The van der Waals surface area contributed by atoms with Gasteiger partial charge in [-0.05, 0) is 70.9 Å². The number of aliphatic hydroxyl groups is 1. The number of fused-ring (bicyclic) bond motifs is 3. The van der Waals surface area contributed by atoms with E-state index in [2.05, 4.69) is 0 Å². The van der Waals surface area contributed by atoms with Gasteiger partial charge >= 0.3 is 11.9 Å². The standard InChI is InChI=1S/C31H32O9/c1-16(2)8-10-21-28-22(12-13-31(6,7)40-28)29-26(30(21)39-19(5)34)27(35)23(15-36-29)20-9-11-24(37-17(3)32)25(14-20)38-18(4)33/h8-9,11-15,17,32H,10H2,1-7H3. The predicted octanol–water partition coefficient (Wildman–Crippen LogP) is 5.72. The lowest BCUT2D eigenvalue weighted by molar-refractivity contribution is -0.133. The molecule has 0 amide bonds. The lowest BCUT2D eigenvalue weighted by Gasteiger charge is -2.30. The third kappa shape index (κ3) is 5.94. The van der Waals surface area contributed by atoms with Crippen molar-refractivity contribution in [2.24, 2.45) is 0 Å². The first kappa shape index (κ1) is 28.6. The Hall–Kier alpha value is -4.37. The van der Waals surface area contributed by atoms with Crippen molar-refractivity contribution in [2.75, 3.05) is 0 Å². The summed E-state index contributed by atoms with van der Waals surface area (Å²) in [7, 11) is 0. The smallest absolute Gasteiger partial charge is 0.308 e. The van der Waals surface area contributed by atoms with Crippen LogP contribution in [0.25, 0.3) is 28.2 Å². The molecule has 0 spiro atoms. The van der Waals surface area contributed by atoms with E-state index < -0.39 is 29.3 Å². The SMILES string of the molecule is CC(=O)Oc1cc(-c2coc3c4c(c(CC=C(C)C)c(OC(C)=O)c3c2=O)OC(C)(C)C=C4)ccc1OC(C)O. The van der Waals surface area contributed by atoms with Gasteiger partial charge in [-0.1, -0.05) is 17.7 Å². The van der Waals surface area contributed by atoms with Crippen LogP contribution >= 0.6 is 0 Å². The molecule has 0 bridgehead atoms. The van der Waals surface area contributed by atoms with Gasteiger partial charge in [0, 0.05) is 19.4 Å². The minimum atomic E-state index is -1.16. The summed E-state index contributed by atoms with van der Waals surface area (Å²) in [6, 6.07) is 4.49. The maximum Gasteiger partial charge on any atom is 0.308 e. The molecule has 0 fully saturated rings. The molecule has 40 heavy (non-hydrogen) atoms. The zero-order valence-corrected chi connectivity index (χ0v) is 23.5. The van der Waals surface area contributed by atoms with Crippen LogP contribution in [0.1, 0.15) is 59.6 Å². The molecule has 2 aromatic carbocycles. The Labute approximate surface area is 231 Å². The van der Waals surface area contributed by atoms with Gasteiger partial charge in [-0.25, -0.2) is 0 Å². The van der Waals surface area contributed by atoms with Crippen LogP contribution in [0.15, 0.2) is 51.4 Å². The van der Waals surface area contributed by atoms with E-state index in [1.165, 1.54) is 39.2 Å². The average molecular weight is 549 g/mol. The van der Waals surface area contributed by atoms with Crippen molar-refractivity contribution in [1.29, 1.82) is 0 Å². The van der Waals surface area contributed by atoms with E-state index >= 15 is 0 Å². The van der Waals surface area contributed by atoms with E-state index in [-0.39, 0.29) is 33.8 Å². The van der Waals surface area contributed by atoms with Crippen LogP contribution in [-0.2, 0) is 16.0 Å². The molecule has 0 saturated carbocycles. The molecule has 0 radical (unpaired) electrons. The van der Waals surface area contributed by atoms with E-state index in [1.54, 1.807) is 6.07 Å². The molecule has 9 heteroatoms. The normalized spacial score (nSPS) is 14.1. The molecule has 0 saturated heterocycles. The maximum absolute atomic E-state index is 14.1. The summed E-state index contributed by atoms with van der Waals surface area (Å²) in [4.78, 5) is 38.1. The number of rotatable bonds is 7. The lowest BCUT2D eigenvalue weighted by Crippen LogP contribution is -2.28. The summed E-state index contributed by atoms with van der Waals surface area (Å²) in [5, 5.41) is 9.74. The summed E-state index contributed by atoms with van der Waals surface area (Å²) in [6.45, 7) is 11.6. The summed E-state index contributed by atoms with van der Waals surface area (Å²) in [5.74, 6) is -0.551. The fraction of sp³-hybridized carbons (Fsp3) is 0.323. The van der Waals surface area contributed by atoms with Crippen molar-refractivity contribution >= 4 is 29.0 Å². The summed E-state index contributed by atoms with van der Waals surface area (Å²) in [6.07, 6.45) is 6.15. The Morgan fingerprint density at radius 3 is 2.40 bits per heavy atom. The highest BCUT2D eigenvalue weighted by atomic mass is 16.6. The molecule has 210 valence electrons. The van der Waals surface area contributed by atoms with Crippen molar-refractivity contribution < 1.29 is 38.1 Å². The Balaban J connectivity index is 2.05. The topological polar surface area (TPSA) is 122 Å². The summed E-state index contributed by atoms with van der Waals surface area (Å²) < 4.78 is 28.7. The minimum Gasteiger partial charge on any atom is -0.483 e. The number of ether oxygens (including phenoxy) is 4. The molecular formula is C31H32O9. The molecular weight excluding hydrogens is 516 g/mol. The van der Waals surface area contributed by atoms with Crippen molar-refractivity contribution in [1.82, 2.24) is 0 Å². The quantitative estimate of drug-likeness (QED) is 0.171. The molecule has 1 N–H and O–H groups in total. The average Bonchev–Trinajstić information content (AvgIpc) is 2.83. The second-order valence-corrected chi connectivity index (χ2v) is 10.3. The molecule has 1 aromatic heterocycles. The van der Waals surface area contributed by atoms with E-state index in [0.29, 0.717) is 28.9 Å². The van der Waals surface area contributed by atoms with Gasteiger partial charge in [0.2, 0.25) is 5.43 Å². The fourth-order valence-electron chi connectivity index (χ4n) is 4.38. The Bertz CT molecular complexity index is 1620. The van der Waals surface area contributed by atoms with Crippen LogP contribution < -0.4 is 24.4 Å². The van der Waals surface area contributed by atoms with Crippen molar-refractivity contribution in [3.63, 3.8) is 0 Å². The number of allylic oxidation sites excluding steroid dienone is 2. The summed E-state index contributed by atoms with van der Waals surface area (Å²) in [5.41, 5.74) is 1.73. The van der Waals surface area contributed by atoms with Gasteiger partial charge in [0.25, 0.3) is 0 Å². The lowest BCUT2D eigenvalue weighted by atomic mass is 9.93. The van der Waals surface area contributed by atoms with Gasteiger partial charge in [0.05, 0.1) is 11.1 Å². The van der Waals surface area contributed by atoms with Crippen LogP contribution in [0.2, 0.25) is 0 Å². The first-order chi connectivity index (χ1) is 18.8. The number of carbonyl (C=O) groups is 2. The molecule has 1 aliphatic rings. The molecule has 3 aromatic rings. The van der Waals surface area contributed by atoms with Crippen LogP contribution in [0.4, 0.5) is 0 Å². The number of carbonyl (C=O) groups excluding carboxylic acids is 2. The highest BCUT2D eigenvalue weighted by molar-refractivity contribution is 5.98. The maximum atomic E-state index is 14.1. The van der Waals surface area contributed by atoms with Crippen molar-refractivity contribution in [3.8, 4) is 34.1 Å². The van der Waals surface area contributed by atoms with Gasteiger partial charge < -0.3 is 28.5 Å². The van der Waals surface area contributed by atoms with E-state index in [4.69, 9.17) is 23.4 Å². The number of hydrogen-bond acceptors (Lipinski definition) is 9. The zero-order valence-electron chi connectivity index (χ0n) is 23.5. The Morgan fingerprint density at radius 1 is 1.07 bits per heavy atom. The van der Waals surface area contributed by atoms with Gasteiger partial charge in [-0.2, -0.15) is 0 Å². The first-order valence-electron chi connectivity index (χ1n) is 12.8. The fourth-order valence-corrected chi connectivity index (χ4v) is 4.38. The van der Waals surface area contributed by atoms with E-state index in [1.807, 2.05) is 45.9 Å². The third-order valence-electron chi connectivity index (χ3n) is 6.04. The van der Waals surface area contributed by atoms with Crippen LogP contribution in [0, 0.1) is 0 Å². The van der Waals surface area contributed by atoms with Crippen molar-refractivity contribution in [2.45, 2.75) is 66.8 Å². The van der Waals surface area contributed by atoms with E-state index in [0.717, 1.165) is 5.57 Å². The predicted molar refractivity (Wildman–Crippen MR) is 150 cm³/mol. The van der Waals surface area contributed by atoms with Gasteiger partial charge in [0.15, 0.2) is 29.1 Å². The highest BCUT2D eigenvalue weighted by Crippen LogP contribution is 2.45. The number of esters is 2. The second-order valence-electron chi connectivity index (χ2n) is 10.3. The van der Waals surface area contributed by atoms with Crippen LogP contribution in [0.3, 0.4) is 0 Å². The second kappa shape index (κ2) is 11.0. The molecule has 0 aliphatic carbocycles. The molecule has 1 aliphatic heterocycles.